The minimum atomic E-state index is -0.794. The molecule has 25 heavy (non-hydrogen) atoms. The summed E-state index contributed by atoms with van der Waals surface area (Å²) in [5.74, 6) is -1.79. The van der Waals surface area contributed by atoms with Gasteiger partial charge in [-0.15, -0.1) is 0 Å². The number of ether oxygens (including phenoxy) is 1. The number of primary amides is 1. The Bertz CT molecular complexity index is 687. The number of hydrogen-bond donors (Lipinski definition) is 2. The van der Waals surface area contributed by atoms with Gasteiger partial charge in [0.25, 0.3) is 5.91 Å². The molecule has 2 rings (SSSR count). The summed E-state index contributed by atoms with van der Waals surface area (Å²) in [4.78, 5) is 36.0. The number of carbonyl (C=O) groups is 3. The average molecular weight is 346 g/mol. The summed E-state index contributed by atoms with van der Waals surface area (Å²) < 4.78 is 4.71. The fourth-order valence-corrected chi connectivity index (χ4v) is 2.54. The van der Waals surface area contributed by atoms with Crippen molar-refractivity contribution in [2.45, 2.75) is 32.4 Å². The first-order valence-electron chi connectivity index (χ1n) is 7.95. The predicted octanol–water partition coefficient (Wildman–Crippen LogP) is 0.420. The molecule has 0 radical (unpaired) electrons. The molecule has 0 saturated carbocycles. The largest absolute Gasteiger partial charge is 0.467 e. The number of nitrogens with two attached hydrogens (primary N) is 1. The smallest absolute Gasteiger partial charge is 0.328 e. The van der Waals surface area contributed by atoms with Gasteiger partial charge in [-0.3, -0.25) is 14.6 Å². The van der Waals surface area contributed by atoms with Gasteiger partial charge in [0.2, 0.25) is 5.91 Å². The van der Waals surface area contributed by atoms with Crippen molar-refractivity contribution in [2.75, 3.05) is 12.1 Å². The topological polar surface area (TPSA) is 114 Å². The summed E-state index contributed by atoms with van der Waals surface area (Å²) in [5.41, 5.74) is 6.24. The van der Waals surface area contributed by atoms with Crippen molar-refractivity contribution in [2.24, 2.45) is 16.8 Å². The van der Waals surface area contributed by atoms with Gasteiger partial charge in [0.15, 0.2) is 0 Å². The summed E-state index contributed by atoms with van der Waals surface area (Å²) in [5, 5.41) is 8.29. The highest BCUT2D eigenvalue weighted by atomic mass is 16.5. The third kappa shape index (κ3) is 4.14. The zero-order valence-corrected chi connectivity index (χ0v) is 14.4. The Hall–Kier alpha value is -2.90. The summed E-state index contributed by atoms with van der Waals surface area (Å²) in [6.45, 7) is 3.58. The van der Waals surface area contributed by atoms with Crippen LogP contribution in [0.15, 0.2) is 35.4 Å². The van der Waals surface area contributed by atoms with E-state index >= 15 is 0 Å². The summed E-state index contributed by atoms with van der Waals surface area (Å²) in [6, 6.07) is 7.42. The second-order valence-electron chi connectivity index (χ2n) is 6.07. The molecule has 3 N–H and O–H groups in total. The maximum absolute atomic E-state index is 12.5. The van der Waals surface area contributed by atoms with Crippen LogP contribution in [0.1, 0.15) is 20.3 Å². The summed E-state index contributed by atoms with van der Waals surface area (Å²) in [7, 11) is 1.26. The van der Waals surface area contributed by atoms with Gasteiger partial charge in [0.05, 0.1) is 12.8 Å². The van der Waals surface area contributed by atoms with Gasteiger partial charge in [-0.25, -0.2) is 4.79 Å². The van der Waals surface area contributed by atoms with Crippen molar-refractivity contribution < 1.29 is 19.1 Å². The number of carbonyl (C=O) groups excluding carboxylic acids is 3. The monoisotopic (exact) mass is 346 g/mol. The maximum Gasteiger partial charge on any atom is 0.328 e. The molecule has 0 aliphatic carbocycles. The second-order valence-corrected chi connectivity index (χ2v) is 6.07. The lowest BCUT2D eigenvalue weighted by atomic mass is 10.0. The Kier molecular flexibility index (Phi) is 5.74. The molecule has 1 heterocycles. The van der Waals surface area contributed by atoms with Crippen LogP contribution in [0.4, 0.5) is 5.69 Å². The molecular formula is C17H22N4O4. The number of nitrogens with one attached hydrogen (secondary N) is 1. The minimum absolute atomic E-state index is 0.0715. The standard InChI is InChI=1S/C17H22N4O4/c1-10(2)14(17(24)25-3)19-16(23)12-9-13(15(18)22)21(20-12)11-7-5-4-6-8-11/h4-8,10,13-14H,9H2,1-3H3,(H2,18,22)(H,19,23)/t13-,14-/m0/s1. The van der Waals surface area contributed by atoms with Gasteiger partial charge in [-0.05, 0) is 18.1 Å². The lowest BCUT2D eigenvalue weighted by Gasteiger charge is -2.20. The van der Waals surface area contributed by atoms with Crippen LogP contribution >= 0.6 is 0 Å². The zero-order chi connectivity index (χ0) is 18.6. The molecule has 0 saturated heterocycles. The number of para-hydroxylation sites is 1. The van der Waals surface area contributed by atoms with Gasteiger partial charge in [-0.1, -0.05) is 32.0 Å². The van der Waals surface area contributed by atoms with Gasteiger partial charge < -0.3 is 15.8 Å². The molecule has 134 valence electrons. The van der Waals surface area contributed by atoms with E-state index < -0.39 is 29.9 Å². The van der Waals surface area contributed by atoms with E-state index in [0.717, 1.165) is 0 Å². The average Bonchev–Trinajstić information content (AvgIpc) is 3.05. The van der Waals surface area contributed by atoms with Crippen molar-refractivity contribution in [3.05, 3.63) is 30.3 Å². The van der Waals surface area contributed by atoms with E-state index in [9.17, 15) is 14.4 Å². The molecule has 1 aromatic carbocycles. The minimum Gasteiger partial charge on any atom is -0.467 e. The molecule has 2 amide bonds. The van der Waals surface area contributed by atoms with Crippen LogP contribution in [0.3, 0.4) is 0 Å². The number of methoxy groups -OCH3 is 1. The Morgan fingerprint density at radius 1 is 1.28 bits per heavy atom. The number of rotatable bonds is 6. The van der Waals surface area contributed by atoms with Crippen molar-refractivity contribution in [1.82, 2.24) is 5.32 Å². The summed E-state index contributed by atoms with van der Waals surface area (Å²) in [6.07, 6.45) is 0.0715. The zero-order valence-electron chi connectivity index (χ0n) is 14.4. The Morgan fingerprint density at radius 3 is 2.44 bits per heavy atom. The molecule has 0 fully saturated rings. The first-order chi connectivity index (χ1) is 11.8. The Morgan fingerprint density at radius 2 is 1.92 bits per heavy atom. The lowest BCUT2D eigenvalue weighted by Crippen LogP contribution is -2.47. The van der Waals surface area contributed by atoms with Gasteiger partial charge >= 0.3 is 5.97 Å². The SMILES string of the molecule is COC(=O)[C@@H](NC(=O)C1=NN(c2ccccc2)[C@H](C(N)=O)C1)C(C)C. The van der Waals surface area contributed by atoms with Crippen LogP contribution in [0.25, 0.3) is 0 Å². The number of nitrogens with zero attached hydrogens (tertiary/aromatic N) is 2. The highest BCUT2D eigenvalue weighted by Gasteiger charge is 2.36. The quantitative estimate of drug-likeness (QED) is 0.725. The van der Waals surface area contributed by atoms with Crippen LogP contribution in [0, 0.1) is 5.92 Å². The van der Waals surface area contributed by atoms with E-state index in [4.69, 9.17) is 10.5 Å². The molecule has 0 bridgehead atoms. The number of hydrogen-bond acceptors (Lipinski definition) is 6. The van der Waals surface area contributed by atoms with Crippen molar-refractivity contribution in [1.29, 1.82) is 0 Å². The van der Waals surface area contributed by atoms with E-state index in [0.29, 0.717) is 5.69 Å². The summed E-state index contributed by atoms with van der Waals surface area (Å²) >= 11 is 0. The first kappa shape index (κ1) is 18.4. The number of amides is 2. The van der Waals surface area contributed by atoms with Crippen LogP contribution in [-0.2, 0) is 19.1 Å². The molecule has 1 aromatic rings. The van der Waals surface area contributed by atoms with Crippen LogP contribution in [-0.4, -0.2) is 42.7 Å². The fraction of sp³-hybridized carbons (Fsp3) is 0.412. The number of anilines is 1. The van der Waals surface area contributed by atoms with E-state index in [1.54, 1.807) is 38.1 Å². The highest BCUT2D eigenvalue weighted by Crippen LogP contribution is 2.24. The molecule has 8 nitrogen and oxygen atoms in total. The van der Waals surface area contributed by atoms with E-state index in [1.165, 1.54) is 12.1 Å². The molecule has 1 aliphatic rings. The molecule has 1 aliphatic heterocycles. The number of benzene rings is 1. The van der Waals surface area contributed by atoms with Crippen LogP contribution in [0.2, 0.25) is 0 Å². The number of esters is 1. The third-order valence-electron chi connectivity index (χ3n) is 3.93. The van der Waals surface area contributed by atoms with Crippen molar-refractivity contribution >= 4 is 29.2 Å². The molecule has 0 aromatic heterocycles. The first-order valence-corrected chi connectivity index (χ1v) is 7.95. The van der Waals surface area contributed by atoms with Gasteiger partial charge in [0, 0.05) is 6.42 Å². The van der Waals surface area contributed by atoms with Crippen molar-refractivity contribution in [3.63, 3.8) is 0 Å². The van der Waals surface area contributed by atoms with Crippen LogP contribution in [0.5, 0.6) is 0 Å². The third-order valence-corrected chi connectivity index (χ3v) is 3.93. The fourth-order valence-electron chi connectivity index (χ4n) is 2.54. The maximum atomic E-state index is 12.5. The molecular weight excluding hydrogens is 324 g/mol. The molecule has 8 heteroatoms. The second kappa shape index (κ2) is 7.78. The van der Waals surface area contributed by atoms with E-state index in [2.05, 4.69) is 10.4 Å². The number of hydrazone groups is 1. The van der Waals surface area contributed by atoms with Crippen molar-refractivity contribution in [3.8, 4) is 0 Å². The molecule has 2 atom stereocenters. The lowest BCUT2D eigenvalue weighted by molar-refractivity contribution is -0.145. The molecule has 0 spiro atoms. The Balaban J connectivity index is 2.22. The predicted molar refractivity (Wildman–Crippen MR) is 92.7 cm³/mol. The van der Waals surface area contributed by atoms with Crippen LogP contribution < -0.4 is 16.1 Å². The van der Waals surface area contributed by atoms with Gasteiger partial charge in [0.1, 0.15) is 17.8 Å². The van der Waals surface area contributed by atoms with E-state index in [1.807, 2.05) is 6.07 Å². The van der Waals surface area contributed by atoms with Gasteiger partial charge in [-0.2, -0.15) is 5.10 Å². The highest BCUT2D eigenvalue weighted by molar-refractivity contribution is 6.40. The Labute approximate surface area is 146 Å². The van der Waals surface area contributed by atoms with E-state index in [-0.39, 0.29) is 18.1 Å². The molecule has 0 unspecified atom stereocenters. The normalized spacial score (nSPS) is 17.8.